The van der Waals surface area contributed by atoms with Gasteiger partial charge in [0, 0.05) is 11.4 Å². The molecular weight excluding hydrogens is 224 g/mol. The van der Waals surface area contributed by atoms with Gasteiger partial charge >= 0.3 is 0 Å². The maximum Gasteiger partial charge on any atom is 0.228 e. The summed E-state index contributed by atoms with van der Waals surface area (Å²) >= 11 is 0. The van der Waals surface area contributed by atoms with E-state index in [-0.39, 0.29) is 5.91 Å². The van der Waals surface area contributed by atoms with Crippen LogP contribution in [0, 0.1) is 6.92 Å². The predicted octanol–water partition coefficient (Wildman–Crippen LogP) is 2.76. The molecule has 1 amide bonds. The highest BCUT2D eigenvalue weighted by Gasteiger charge is 2.06. The van der Waals surface area contributed by atoms with Gasteiger partial charge in [0.1, 0.15) is 0 Å². The summed E-state index contributed by atoms with van der Waals surface area (Å²) in [5.41, 5.74) is 9.16. The number of carbonyl (C=O) groups excluding carboxylic acids is 1. The lowest BCUT2D eigenvalue weighted by Crippen LogP contribution is -2.15. The van der Waals surface area contributed by atoms with E-state index in [0.717, 1.165) is 16.8 Å². The third kappa shape index (κ3) is 2.88. The van der Waals surface area contributed by atoms with Crippen LogP contribution in [0.2, 0.25) is 0 Å². The molecule has 0 atom stereocenters. The van der Waals surface area contributed by atoms with Crippen molar-refractivity contribution in [1.82, 2.24) is 0 Å². The van der Waals surface area contributed by atoms with Gasteiger partial charge in [0.2, 0.25) is 5.91 Å². The molecule has 2 rings (SSSR count). The van der Waals surface area contributed by atoms with Crippen molar-refractivity contribution in [3.63, 3.8) is 0 Å². The van der Waals surface area contributed by atoms with Crippen LogP contribution in [0.25, 0.3) is 0 Å². The Hall–Kier alpha value is -2.29. The van der Waals surface area contributed by atoms with Gasteiger partial charge in [0.15, 0.2) is 0 Å². The summed E-state index contributed by atoms with van der Waals surface area (Å²) in [6.45, 7) is 1.90. The van der Waals surface area contributed by atoms with E-state index in [0.29, 0.717) is 12.1 Å². The molecule has 0 heterocycles. The van der Waals surface area contributed by atoms with Gasteiger partial charge in [-0.1, -0.05) is 36.4 Å². The molecule has 2 aromatic carbocycles. The zero-order chi connectivity index (χ0) is 13.0. The Morgan fingerprint density at radius 1 is 1.11 bits per heavy atom. The van der Waals surface area contributed by atoms with E-state index in [1.54, 1.807) is 0 Å². The number of nitrogens with one attached hydrogen (secondary N) is 1. The van der Waals surface area contributed by atoms with Crippen LogP contribution < -0.4 is 11.1 Å². The number of hydrogen-bond acceptors (Lipinski definition) is 2. The molecule has 3 N–H and O–H groups in total. The predicted molar refractivity (Wildman–Crippen MR) is 74.4 cm³/mol. The van der Waals surface area contributed by atoms with Crippen LogP contribution in [0.3, 0.4) is 0 Å². The highest BCUT2D eigenvalue weighted by Crippen LogP contribution is 2.20. The summed E-state index contributed by atoms with van der Waals surface area (Å²) in [7, 11) is 0. The third-order valence-electron chi connectivity index (χ3n) is 2.86. The Bertz CT molecular complexity index is 550. The van der Waals surface area contributed by atoms with Crippen LogP contribution in [0.15, 0.2) is 48.5 Å². The molecule has 0 spiro atoms. The Morgan fingerprint density at radius 3 is 2.56 bits per heavy atom. The standard InChI is InChI=1S/C15H16N2O/c1-11-13(16)8-5-9-14(11)17-15(18)10-12-6-3-2-4-7-12/h2-9H,10,16H2,1H3,(H,17,18). The molecular formula is C15H16N2O. The molecule has 0 fully saturated rings. The first-order chi connectivity index (χ1) is 8.66. The van der Waals surface area contributed by atoms with Crippen molar-refractivity contribution in [2.45, 2.75) is 13.3 Å². The number of nitrogen functional groups attached to an aromatic ring is 1. The number of hydrogen-bond donors (Lipinski definition) is 2. The topological polar surface area (TPSA) is 55.1 Å². The Balaban J connectivity index is 2.06. The van der Waals surface area contributed by atoms with E-state index in [2.05, 4.69) is 5.32 Å². The number of amides is 1. The smallest absolute Gasteiger partial charge is 0.228 e. The van der Waals surface area contributed by atoms with Gasteiger partial charge in [-0.3, -0.25) is 4.79 Å². The zero-order valence-corrected chi connectivity index (χ0v) is 10.3. The van der Waals surface area contributed by atoms with Crippen LogP contribution in [0.5, 0.6) is 0 Å². The Labute approximate surface area is 107 Å². The quantitative estimate of drug-likeness (QED) is 0.810. The normalized spacial score (nSPS) is 10.1. The van der Waals surface area contributed by atoms with Crippen molar-refractivity contribution in [2.24, 2.45) is 0 Å². The maximum absolute atomic E-state index is 11.9. The van der Waals surface area contributed by atoms with Crippen molar-refractivity contribution in [1.29, 1.82) is 0 Å². The minimum absolute atomic E-state index is 0.0325. The summed E-state index contributed by atoms with van der Waals surface area (Å²) in [6.07, 6.45) is 0.370. The minimum Gasteiger partial charge on any atom is -0.398 e. The van der Waals surface area contributed by atoms with Gasteiger partial charge in [0.05, 0.1) is 6.42 Å². The lowest BCUT2D eigenvalue weighted by atomic mass is 10.1. The summed E-state index contributed by atoms with van der Waals surface area (Å²) in [4.78, 5) is 11.9. The second-order valence-electron chi connectivity index (χ2n) is 4.23. The highest BCUT2D eigenvalue weighted by atomic mass is 16.1. The molecule has 0 bridgehead atoms. The lowest BCUT2D eigenvalue weighted by molar-refractivity contribution is -0.115. The van der Waals surface area contributed by atoms with Gasteiger partial charge in [0.25, 0.3) is 0 Å². The van der Waals surface area contributed by atoms with Gasteiger partial charge in [-0.25, -0.2) is 0 Å². The molecule has 18 heavy (non-hydrogen) atoms. The monoisotopic (exact) mass is 240 g/mol. The van der Waals surface area contributed by atoms with Crippen LogP contribution in [-0.4, -0.2) is 5.91 Å². The van der Waals surface area contributed by atoms with Crippen molar-refractivity contribution in [3.05, 3.63) is 59.7 Å². The molecule has 92 valence electrons. The molecule has 0 unspecified atom stereocenters. The van der Waals surface area contributed by atoms with Gasteiger partial charge in [-0.05, 0) is 30.2 Å². The average Bonchev–Trinajstić information content (AvgIpc) is 2.36. The number of nitrogens with two attached hydrogens (primary N) is 1. The molecule has 2 aromatic rings. The fraction of sp³-hybridized carbons (Fsp3) is 0.133. The van der Waals surface area contributed by atoms with E-state index in [1.165, 1.54) is 0 Å². The minimum atomic E-state index is -0.0325. The lowest BCUT2D eigenvalue weighted by Gasteiger charge is -2.10. The van der Waals surface area contributed by atoms with Crippen molar-refractivity contribution in [3.8, 4) is 0 Å². The summed E-state index contributed by atoms with van der Waals surface area (Å²) < 4.78 is 0. The number of carbonyl (C=O) groups is 1. The molecule has 3 nitrogen and oxygen atoms in total. The fourth-order valence-electron chi connectivity index (χ4n) is 1.76. The first-order valence-corrected chi connectivity index (χ1v) is 5.85. The van der Waals surface area contributed by atoms with Gasteiger partial charge in [-0.15, -0.1) is 0 Å². The molecule has 0 aliphatic carbocycles. The maximum atomic E-state index is 11.9. The molecule has 3 heteroatoms. The molecule has 0 saturated heterocycles. The van der Waals surface area contributed by atoms with Crippen LogP contribution in [0.1, 0.15) is 11.1 Å². The number of rotatable bonds is 3. The summed E-state index contributed by atoms with van der Waals surface area (Å²) in [5.74, 6) is -0.0325. The van der Waals surface area contributed by atoms with Gasteiger partial charge in [-0.2, -0.15) is 0 Å². The SMILES string of the molecule is Cc1c(N)cccc1NC(=O)Cc1ccccc1. The van der Waals surface area contributed by atoms with Crippen molar-refractivity contribution in [2.75, 3.05) is 11.1 Å². The van der Waals surface area contributed by atoms with Crippen LogP contribution >= 0.6 is 0 Å². The van der Waals surface area contributed by atoms with E-state index >= 15 is 0 Å². The highest BCUT2D eigenvalue weighted by molar-refractivity contribution is 5.93. The summed E-state index contributed by atoms with van der Waals surface area (Å²) in [5, 5.41) is 2.88. The number of anilines is 2. The molecule has 0 radical (unpaired) electrons. The summed E-state index contributed by atoms with van der Waals surface area (Å²) in [6, 6.07) is 15.2. The first kappa shape index (κ1) is 12.2. The van der Waals surface area contributed by atoms with Crippen LogP contribution in [0.4, 0.5) is 11.4 Å². The number of benzene rings is 2. The van der Waals surface area contributed by atoms with Crippen molar-refractivity contribution < 1.29 is 4.79 Å². The third-order valence-corrected chi connectivity index (χ3v) is 2.86. The van der Waals surface area contributed by atoms with Gasteiger partial charge < -0.3 is 11.1 Å². The molecule has 0 aromatic heterocycles. The fourth-order valence-corrected chi connectivity index (χ4v) is 1.76. The van der Waals surface area contributed by atoms with E-state index in [4.69, 9.17) is 5.73 Å². The second-order valence-corrected chi connectivity index (χ2v) is 4.23. The largest absolute Gasteiger partial charge is 0.398 e. The zero-order valence-electron chi connectivity index (χ0n) is 10.3. The second kappa shape index (κ2) is 5.36. The van der Waals surface area contributed by atoms with E-state index in [9.17, 15) is 4.79 Å². The van der Waals surface area contributed by atoms with Crippen molar-refractivity contribution >= 4 is 17.3 Å². The van der Waals surface area contributed by atoms with E-state index in [1.807, 2.05) is 55.5 Å². The average molecular weight is 240 g/mol. The Kier molecular flexibility index (Phi) is 3.63. The van der Waals surface area contributed by atoms with E-state index < -0.39 is 0 Å². The molecule has 0 saturated carbocycles. The molecule has 0 aliphatic rings. The first-order valence-electron chi connectivity index (χ1n) is 5.85. The van der Waals surface area contributed by atoms with Crippen LogP contribution in [-0.2, 0) is 11.2 Å². The molecule has 0 aliphatic heterocycles. The Morgan fingerprint density at radius 2 is 1.83 bits per heavy atom.